The van der Waals surface area contributed by atoms with Crippen molar-refractivity contribution < 1.29 is 9.52 Å². The lowest BCUT2D eigenvalue weighted by Crippen LogP contribution is -2.13. The van der Waals surface area contributed by atoms with Gasteiger partial charge in [-0.2, -0.15) is 0 Å². The van der Waals surface area contributed by atoms with Crippen molar-refractivity contribution in [3.05, 3.63) is 46.3 Å². The van der Waals surface area contributed by atoms with E-state index in [1.165, 1.54) is 0 Å². The number of hydrogen-bond acceptors (Lipinski definition) is 4. The summed E-state index contributed by atoms with van der Waals surface area (Å²) in [5.41, 5.74) is 1.41. The van der Waals surface area contributed by atoms with Crippen LogP contribution in [-0.4, -0.2) is 17.5 Å². The fourth-order valence-electron chi connectivity index (χ4n) is 2.02. The van der Waals surface area contributed by atoms with Crippen molar-refractivity contribution in [2.75, 3.05) is 12.4 Å². The summed E-state index contributed by atoms with van der Waals surface area (Å²) < 4.78 is 5.27. The first-order valence-electron chi connectivity index (χ1n) is 5.30. The first-order valence-corrected chi connectivity index (χ1v) is 6.28. The number of aliphatic hydroxyl groups excluding tert-OH is 1. The first kappa shape index (κ1) is 10.6. The van der Waals surface area contributed by atoms with E-state index >= 15 is 0 Å². The summed E-state index contributed by atoms with van der Waals surface area (Å²) in [6.45, 7) is -0.128. The van der Waals surface area contributed by atoms with Gasteiger partial charge in [-0.1, -0.05) is 24.3 Å². The van der Waals surface area contributed by atoms with Gasteiger partial charge in [0.2, 0.25) is 0 Å². The molecule has 0 unspecified atom stereocenters. The Morgan fingerprint density at radius 1 is 1.35 bits per heavy atom. The van der Waals surface area contributed by atoms with Gasteiger partial charge in [0.25, 0.3) is 0 Å². The van der Waals surface area contributed by atoms with E-state index < -0.39 is 0 Å². The number of aliphatic hydroxyl groups is 1. The number of thioether (sulfide) groups is 1. The Morgan fingerprint density at radius 2 is 2.18 bits per heavy atom. The molecule has 0 atom stereocenters. The molecule has 2 aromatic rings. The molecule has 1 aliphatic rings. The van der Waals surface area contributed by atoms with Crippen molar-refractivity contribution in [2.24, 2.45) is 0 Å². The second-order valence-electron chi connectivity index (χ2n) is 3.79. The van der Waals surface area contributed by atoms with Gasteiger partial charge in [-0.3, -0.25) is 0 Å². The van der Waals surface area contributed by atoms with Crippen LogP contribution >= 0.6 is 11.8 Å². The molecule has 17 heavy (non-hydrogen) atoms. The highest BCUT2D eigenvalue weighted by Crippen LogP contribution is 2.36. The molecule has 0 aliphatic carbocycles. The SMILES string of the molecule is O=c1oc2ccccc2c2c1C(CO)=CCS2. The van der Waals surface area contributed by atoms with Crippen LogP contribution in [0.15, 0.2) is 44.4 Å². The first-order chi connectivity index (χ1) is 8.31. The predicted octanol–water partition coefficient (Wildman–Crippen LogP) is 2.27. The lowest BCUT2D eigenvalue weighted by atomic mass is 10.1. The highest BCUT2D eigenvalue weighted by molar-refractivity contribution is 7.99. The maximum atomic E-state index is 11.9. The van der Waals surface area contributed by atoms with E-state index in [1.54, 1.807) is 17.8 Å². The van der Waals surface area contributed by atoms with Crippen molar-refractivity contribution in [1.29, 1.82) is 0 Å². The Labute approximate surface area is 102 Å². The highest BCUT2D eigenvalue weighted by atomic mass is 32.2. The van der Waals surface area contributed by atoms with Gasteiger partial charge in [-0.15, -0.1) is 11.8 Å². The normalized spacial score (nSPS) is 14.5. The summed E-state index contributed by atoms with van der Waals surface area (Å²) in [5.74, 6) is 0.774. The molecule has 1 aliphatic heterocycles. The highest BCUT2D eigenvalue weighted by Gasteiger charge is 2.20. The van der Waals surface area contributed by atoms with Crippen LogP contribution in [0.5, 0.6) is 0 Å². The van der Waals surface area contributed by atoms with Crippen LogP contribution in [0.1, 0.15) is 5.56 Å². The Bertz CT molecular complexity index is 670. The zero-order chi connectivity index (χ0) is 11.8. The van der Waals surface area contributed by atoms with Gasteiger partial charge >= 0.3 is 5.63 Å². The second kappa shape index (κ2) is 4.05. The molecule has 0 bridgehead atoms. The molecule has 0 amide bonds. The van der Waals surface area contributed by atoms with Gasteiger partial charge in [0.05, 0.1) is 12.2 Å². The van der Waals surface area contributed by atoms with Crippen molar-refractivity contribution in [3.8, 4) is 0 Å². The maximum absolute atomic E-state index is 11.9. The van der Waals surface area contributed by atoms with Crippen molar-refractivity contribution >= 4 is 28.3 Å². The van der Waals surface area contributed by atoms with E-state index in [-0.39, 0.29) is 12.2 Å². The fourth-order valence-corrected chi connectivity index (χ4v) is 3.15. The molecule has 0 fully saturated rings. The van der Waals surface area contributed by atoms with E-state index in [2.05, 4.69) is 0 Å². The number of rotatable bonds is 1. The van der Waals surface area contributed by atoms with Gasteiger partial charge in [-0.05, 0) is 11.6 Å². The van der Waals surface area contributed by atoms with E-state index in [9.17, 15) is 9.90 Å². The lowest BCUT2D eigenvalue weighted by molar-refractivity contribution is 0.349. The van der Waals surface area contributed by atoms with Gasteiger partial charge in [0, 0.05) is 16.0 Å². The average Bonchev–Trinajstić information content (AvgIpc) is 2.38. The molecule has 1 aromatic carbocycles. The van der Waals surface area contributed by atoms with Crippen LogP contribution in [0.3, 0.4) is 0 Å². The molecule has 0 spiro atoms. The standard InChI is InChI=1S/C13H10O3S/c14-7-8-5-6-17-12-9-3-1-2-4-10(9)16-13(15)11(8)12/h1-5,14H,6-7H2. The molecule has 1 aromatic heterocycles. The van der Waals surface area contributed by atoms with Crippen LogP contribution in [0.4, 0.5) is 0 Å². The van der Waals surface area contributed by atoms with Gasteiger partial charge in [0.1, 0.15) is 5.58 Å². The Morgan fingerprint density at radius 3 is 3.00 bits per heavy atom. The minimum absolute atomic E-state index is 0.128. The molecule has 86 valence electrons. The van der Waals surface area contributed by atoms with Crippen LogP contribution in [0.2, 0.25) is 0 Å². The topological polar surface area (TPSA) is 50.4 Å². The third-order valence-electron chi connectivity index (χ3n) is 2.81. The Balaban J connectivity index is 2.43. The number of fused-ring (bicyclic) bond motifs is 3. The molecular weight excluding hydrogens is 236 g/mol. The third kappa shape index (κ3) is 1.61. The Hall–Kier alpha value is -1.52. The number of para-hydroxylation sites is 1. The van der Waals surface area contributed by atoms with Crippen molar-refractivity contribution in [2.45, 2.75) is 4.90 Å². The van der Waals surface area contributed by atoms with Crippen LogP contribution < -0.4 is 5.63 Å². The molecule has 4 heteroatoms. The van der Waals surface area contributed by atoms with Crippen LogP contribution in [0.25, 0.3) is 16.5 Å². The third-order valence-corrected chi connectivity index (χ3v) is 3.86. The summed E-state index contributed by atoms with van der Waals surface area (Å²) in [7, 11) is 0. The summed E-state index contributed by atoms with van der Waals surface area (Å²) in [6, 6.07) is 7.48. The number of benzene rings is 1. The summed E-state index contributed by atoms with van der Waals surface area (Å²) in [5, 5.41) is 10.2. The molecule has 1 N–H and O–H groups in total. The minimum atomic E-state index is -0.369. The summed E-state index contributed by atoms with van der Waals surface area (Å²) in [6.07, 6.45) is 1.87. The maximum Gasteiger partial charge on any atom is 0.345 e. The van der Waals surface area contributed by atoms with Crippen LogP contribution in [-0.2, 0) is 0 Å². The Kier molecular flexibility index (Phi) is 2.53. The van der Waals surface area contributed by atoms with Crippen molar-refractivity contribution in [1.82, 2.24) is 0 Å². The van der Waals surface area contributed by atoms with E-state index in [0.717, 1.165) is 16.0 Å². The fraction of sp³-hybridized carbons (Fsp3) is 0.154. The van der Waals surface area contributed by atoms with E-state index in [0.29, 0.717) is 16.7 Å². The molecular formula is C13H10O3S. The molecule has 2 heterocycles. The van der Waals surface area contributed by atoms with Crippen molar-refractivity contribution in [3.63, 3.8) is 0 Å². The number of hydrogen-bond donors (Lipinski definition) is 1. The molecule has 0 saturated carbocycles. The molecule has 0 saturated heterocycles. The second-order valence-corrected chi connectivity index (χ2v) is 4.82. The summed E-state index contributed by atoms with van der Waals surface area (Å²) >= 11 is 1.60. The lowest BCUT2D eigenvalue weighted by Gasteiger charge is -2.15. The average molecular weight is 246 g/mol. The van der Waals surface area contributed by atoms with E-state index in [4.69, 9.17) is 4.42 Å². The zero-order valence-electron chi connectivity index (χ0n) is 8.97. The summed E-state index contributed by atoms with van der Waals surface area (Å²) in [4.78, 5) is 12.8. The molecule has 3 rings (SSSR count). The predicted molar refractivity (Wildman–Crippen MR) is 68.3 cm³/mol. The zero-order valence-corrected chi connectivity index (χ0v) is 9.79. The van der Waals surface area contributed by atoms with Gasteiger partial charge < -0.3 is 9.52 Å². The molecule has 0 radical (unpaired) electrons. The van der Waals surface area contributed by atoms with Crippen LogP contribution in [0, 0.1) is 0 Å². The smallest absolute Gasteiger partial charge is 0.345 e. The largest absolute Gasteiger partial charge is 0.422 e. The van der Waals surface area contributed by atoms with Gasteiger partial charge in [-0.25, -0.2) is 4.79 Å². The molecule has 3 nitrogen and oxygen atoms in total. The van der Waals surface area contributed by atoms with E-state index in [1.807, 2.05) is 24.3 Å². The quantitative estimate of drug-likeness (QED) is 0.784. The van der Waals surface area contributed by atoms with Gasteiger partial charge in [0.15, 0.2) is 0 Å². The monoisotopic (exact) mass is 246 g/mol. The minimum Gasteiger partial charge on any atom is -0.422 e.